The van der Waals surface area contributed by atoms with E-state index in [0.717, 1.165) is 28.0 Å². The van der Waals surface area contributed by atoms with Gasteiger partial charge in [0.2, 0.25) is 0 Å². The molecule has 0 saturated heterocycles. The van der Waals surface area contributed by atoms with Crippen LogP contribution in [0.3, 0.4) is 0 Å². The lowest BCUT2D eigenvalue weighted by molar-refractivity contribution is 0.762. The molecule has 0 unspecified atom stereocenters. The molecule has 0 bridgehead atoms. The van der Waals surface area contributed by atoms with E-state index >= 15 is 0 Å². The number of aryl methyl sites for hydroxylation is 3. The van der Waals surface area contributed by atoms with Crippen molar-refractivity contribution in [2.75, 3.05) is 11.9 Å². The van der Waals surface area contributed by atoms with E-state index in [-0.39, 0.29) is 0 Å². The highest BCUT2D eigenvalue weighted by atomic mass is 15.2. The lowest BCUT2D eigenvalue weighted by atomic mass is 10.0. The number of aromatic nitrogens is 3. The van der Waals surface area contributed by atoms with Gasteiger partial charge in [0.05, 0.1) is 23.3 Å². The van der Waals surface area contributed by atoms with Gasteiger partial charge in [-0.05, 0) is 25.5 Å². The Hall–Kier alpha value is -2.87. The Morgan fingerprint density at radius 1 is 1.26 bits per heavy atom. The molecule has 0 aliphatic carbocycles. The van der Waals surface area contributed by atoms with Gasteiger partial charge in [-0.15, -0.1) is 0 Å². The topological polar surface area (TPSA) is 57.7 Å². The van der Waals surface area contributed by atoms with Gasteiger partial charge in [-0.1, -0.05) is 11.6 Å². The molecule has 0 spiro atoms. The number of hydrogen-bond acceptors (Lipinski definition) is 4. The first-order valence-corrected chi connectivity index (χ1v) is 7.48. The Kier molecular flexibility index (Phi) is 3.75. The Balaban J connectivity index is 2.18. The Morgan fingerprint density at radius 2 is 2.04 bits per heavy atom. The van der Waals surface area contributed by atoms with Crippen LogP contribution in [0.5, 0.6) is 0 Å². The van der Waals surface area contributed by atoms with E-state index in [2.05, 4.69) is 46.9 Å². The molecule has 116 valence electrons. The van der Waals surface area contributed by atoms with Crippen molar-refractivity contribution in [3.05, 3.63) is 53.2 Å². The summed E-state index contributed by atoms with van der Waals surface area (Å²) in [5.74, 6) is 0.950. The Labute approximate surface area is 135 Å². The normalized spacial score (nSPS) is 10.7. The Morgan fingerprint density at radius 3 is 2.70 bits per heavy atom. The third-order valence-corrected chi connectivity index (χ3v) is 4.08. The van der Waals surface area contributed by atoms with Gasteiger partial charge < -0.3 is 9.47 Å². The van der Waals surface area contributed by atoms with Crippen molar-refractivity contribution >= 4 is 16.6 Å². The summed E-state index contributed by atoms with van der Waals surface area (Å²) in [6.07, 6.45) is 5.37. The highest BCUT2D eigenvalue weighted by molar-refractivity contribution is 5.96. The van der Waals surface area contributed by atoms with Gasteiger partial charge in [-0.2, -0.15) is 5.26 Å². The zero-order valence-electron chi connectivity index (χ0n) is 13.8. The average Bonchev–Trinajstić information content (AvgIpc) is 2.90. The molecule has 0 aliphatic heterocycles. The van der Waals surface area contributed by atoms with Crippen molar-refractivity contribution in [2.45, 2.75) is 20.4 Å². The number of nitriles is 1. The predicted molar refractivity (Wildman–Crippen MR) is 91.2 cm³/mol. The van der Waals surface area contributed by atoms with Crippen LogP contribution in [-0.4, -0.2) is 21.6 Å². The third kappa shape index (κ3) is 2.64. The minimum Gasteiger partial charge on any atom is -0.365 e. The molecule has 0 fully saturated rings. The fourth-order valence-electron chi connectivity index (χ4n) is 2.98. The molecule has 0 atom stereocenters. The summed E-state index contributed by atoms with van der Waals surface area (Å²) in [5.41, 5.74) is 4.72. The van der Waals surface area contributed by atoms with E-state index < -0.39 is 0 Å². The van der Waals surface area contributed by atoms with Crippen LogP contribution in [0, 0.1) is 25.2 Å². The summed E-state index contributed by atoms with van der Waals surface area (Å²) < 4.78 is 1.99. The summed E-state index contributed by atoms with van der Waals surface area (Å²) in [5, 5.41) is 10.5. The molecule has 0 amide bonds. The molecule has 23 heavy (non-hydrogen) atoms. The fourth-order valence-corrected chi connectivity index (χ4v) is 2.98. The van der Waals surface area contributed by atoms with Crippen LogP contribution in [0.25, 0.3) is 10.9 Å². The smallest absolute Gasteiger partial charge is 0.127 e. The quantitative estimate of drug-likeness (QED) is 0.746. The van der Waals surface area contributed by atoms with Crippen molar-refractivity contribution in [1.29, 1.82) is 5.26 Å². The minimum atomic E-state index is 0.583. The van der Waals surface area contributed by atoms with E-state index in [1.54, 1.807) is 12.4 Å². The average molecular weight is 305 g/mol. The summed E-state index contributed by atoms with van der Waals surface area (Å²) in [4.78, 5) is 10.9. The first-order valence-electron chi connectivity index (χ1n) is 7.48. The number of pyridine rings is 1. The molecule has 0 saturated carbocycles. The molecule has 0 radical (unpaired) electrons. The lowest BCUT2D eigenvalue weighted by Gasteiger charge is -2.22. The molecule has 5 nitrogen and oxygen atoms in total. The number of fused-ring (bicyclic) bond motifs is 1. The first-order chi connectivity index (χ1) is 11.0. The van der Waals surface area contributed by atoms with Crippen molar-refractivity contribution in [1.82, 2.24) is 14.5 Å². The summed E-state index contributed by atoms with van der Waals surface area (Å²) in [6, 6.07) is 6.48. The number of nitrogens with zero attached hydrogens (tertiary/aromatic N) is 5. The Bertz CT molecular complexity index is 917. The lowest BCUT2D eigenvalue weighted by Crippen LogP contribution is -2.20. The van der Waals surface area contributed by atoms with Gasteiger partial charge in [-0.3, -0.25) is 4.98 Å². The summed E-state index contributed by atoms with van der Waals surface area (Å²) in [7, 11) is 3.96. The largest absolute Gasteiger partial charge is 0.365 e. The second-order valence-corrected chi connectivity index (χ2v) is 5.92. The number of rotatable bonds is 3. The second-order valence-electron chi connectivity index (χ2n) is 5.92. The van der Waals surface area contributed by atoms with Crippen LogP contribution in [0.15, 0.2) is 30.7 Å². The number of benzene rings is 1. The fraction of sp³-hybridized carbons (Fsp3) is 0.278. The summed E-state index contributed by atoms with van der Waals surface area (Å²) in [6.45, 7) is 4.75. The molecule has 2 aromatic heterocycles. The van der Waals surface area contributed by atoms with Gasteiger partial charge in [-0.25, -0.2) is 4.98 Å². The third-order valence-electron chi connectivity index (χ3n) is 4.08. The monoisotopic (exact) mass is 305 g/mol. The molecule has 0 N–H and O–H groups in total. The molecule has 0 aliphatic rings. The highest BCUT2D eigenvalue weighted by Gasteiger charge is 2.16. The maximum Gasteiger partial charge on any atom is 0.127 e. The molecular weight excluding hydrogens is 286 g/mol. The number of hydrogen-bond donors (Lipinski definition) is 0. The molecule has 3 rings (SSSR count). The number of anilines is 1. The van der Waals surface area contributed by atoms with Crippen LogP contribution in [0.4, 0.5) is 5.69 Å². The van der Waals surface area contributed by atoms with Gasteiger partial charge in [0.15, 0.2) is 0 Å². The van der Waals surface area contributed by atoms with Crippen molar-refractivity contribution in [3.63, 3.8) is 0 Å². The van der Waals surface area contributed by atoms with E-state index in [1.807, 2.05) is 24.9 Å². The van der Waals surface area contributed by atoms with Gasteiger partial charge >= 0.3 is 0 Å². The van der Waals surface area contributed by atoms with Crippen LogP contribution < -0.4 is 4.90 Å². The van der Waals surface area contributed by atoms with Crippen molar-refractivity contribution < 1.29 is 0 Å². The van der Waals surface area contributed by atoms with E-state index in [4.69, 9.17) is 0 Å². The van der Waals surface area contributed by atoms with Crippen LogP contribution in [-0.2, 0) is 13.6 Å². The van der Waals surface area contributed by atoms with E-state index in [1.165, 1.54) is 5.56 Å². The van der Waals surface area contributed by atoms with Crippen LogP contribution >= 0.6 is 0 Å². The van der Waals surface area contributed by atoms with Gasteiger partial charge in [0.25, 0.3) is 0 Å². The molecule has 5 heteroatoms. The maximum atomic E-state index is 9.51. The SMILES string of the molecule is Cc1cc(C)c2ncc(C#N)c(N(C)Cc3nccn3C)c2c1. The molecular formula is C18H19N5. The zero-order valence-corrected chi connectivity index (χ0v) is 13.8. The van der Waals surface area contributed by atoms with Crippen molar-refractivity contribution in [3.8, 4) is 6.07 Å². The van der Waals surface area contributed by atoms with E-state index in [0.29, 0.717) is 12.1 Å². The molecule has 1 aromatic carbocycles. The zero-order chi connectivity index (χ0) is 16.6. The van der Waals surface area contributed by atoms with E-state index in [9.17, 15) is 5.26 Å². The minimum absolute atomic E-state index is 0.583. The first kappa shape index (κ1) is 15.0. The predicted octanol–water partition coefficient (Wildman–Crippen LogP) is 3.09. The molecule has 2 heterocycles. The number of imidazole rings is 1. The van der Waals surface area contributed by atoms with Crippen LogP contribution in [0.1, 0.15) is 22.5 Å². The standard InChI is InChI=1S/C18H19N5/c1-12-7-13(2)17-15(8-12)18(14(9-19)10-21-17)23(4)11-16-20-5-6-22(16)3/h5-8,10H,11H2,1-4H3. The maximum absolute atomic E-state index is 9.51. The van der Waals surface area contributed by atoms with Gasteiger partial charge in [0.1, 0.15) is 11.9 Å². The second kappa shape index (κ2) is 5.73. The van der Waals surface area contributed by atoms with Gasteiger partial charge in [0, 0.05) is 38.1 Å². The summed E-state index contributed by atoms with van der Waals surface area (Å²) >= 11 is 0. The van der Waals surface area contributed by atoms with Crippen LogP contribution in [0.2, 0.25) is 0 Å². The molecule has 3 aromatic rings. The van der Waals surface area contributed by atoms with Crippen molar-refractivity contribution in [2.24, 2.45) is 7.05 Å². The highest BCUT2D eigenvalue weighted by Crippen LogP contribution is 2.31.